The molecule has 1 aliphatic rings. The first-order chi connectivity index (χ1) is 15.1. The molecule has 0 radical (unpaired) electrons. The molecule has 0 aromatic heterocycles. The number of halogens is 3. The van der Waals surface area contributed by atoms with E-state index in [1.165, 1.54) is 0 Å². The first-order valence-corrected chi connectivity index (χ1v) is 11.2. The number of hydrogen-bond donors (Lipinski definition) is 2. The summed E-state index contributed by atoms with van der Waals surface area (Å²) in [5, 5.41) is 12.5. The van der Waals surface area contributed by atoms with Crippen molar-refractivity contribution in [1.82, 2.24) is 0 Å². The lowest BCUT2D eigenvalue weighted by Crippen LogP contribution is -2.57. The Balaban J connectivity index is 0.000000331. The highest BCUT2D eigenvalue weighted by Crippen LogP contribution is 2.56. The Hall–Kier alpha value is -3.11. The zero-order chi connectivity index (χ0) is 24.8. The maximum atomic E-state index is 12.5. The fourth-order valence-corrected chi connectivity index (χ4v) is 4.20. The monoisotopic (exact) mass is 481 g/mol. The van der Waals surface area contributed by atoms with Gasteiger partial charge >= 0.3 is 21.6 Å². The molecule has 1 unspecified atom stereocenters. The second-order valence-corrected chi connectivity index (χ2v) is 9.69. The van der Waals surface area contributed by atoms with Gasteiger partial charge in [0.2, 0.25) is 0 Å². The van der Waals surface area contributed by atoms with E-state index >= 15 is 0 Å². The minimum atomic E-state index is -5.84. The number of para-hydroxylation sites is 1. The van der Waals surface area contributed by atoms with E-state index in [0.29, 0.717) is 0 Å². The number of nitrogens with zero attached hydrogens (tertiary/aromatic N) is 1. The summed E-state index contributed by atoms with van der Waals surface area (Å²) in [6.45, 7) is 5.90. The first kappa shape index (κ1) is 24.5. The summed E-state index contributed by atoms with van der Waals surface area (Å²) in [5.41, 5.74) is -4.22. The third kappa shape index (κ3) is 3.93. The molecular formula is C23H22F3NO5S. The smallest absolute Gasteiger partial charge is 0.479 e. The topological polar surface area (TPSA) is 94.9 Å². The van der Waals surface area contributed by atoms with Crippen molar-refractivity contribution in [1.29, 1.82) is 0 Å². The molecule has 3 aromatic carbocycles. The molecule has 2 N–H and O–H groups in total. The van der Waals surface area contributed by atoms with Crippen LogP contribution in [0.25, 0.3) is 10.8 Å². The third-order valence-corrected chi connectivity index (χ3v) is 6.75. The molecule has 4 rings (SSSR count). The molecule has 1 atom stereocenters. The summed E-state index contributed by atoms with van der Waals surface area (Å²) < 4.78 is 57.5. The van der Waals surface area contributed by atoms with Crippen molar-refractivity contribution in [3.8, 4) is 0 Å². The highest BCUT2D eigenvalue weighted by Gasteiger charge is 2.60. The molecular weight excluding hydrogens is 459 g/mol. The fraction of sp³-hybridized carbons (Fsp3) is 0.261. The van der Waals surface area contributed by atoms with Gasteiger partial charge in [0, 0.05) is 16.8 Å². The number of carboxylic acid groups (broad SMARTS) is 1. The molecule has 10 heteroatoms. The molecule has 0 amide bonds. The Kier molecular flexibility index (Phi) is 5.97. The average Bonchev–Trinajstić information content (AvgIpc) is 2.91. The van der Waals surface area contributed by atoms with Crippen molar-refractivity contribution in [2.45, 2.75) is 37.2 Å². The molecule has 0 aliphatic carbocycles. The van der Waals surface area contributed by atoms with Gasteiger partial charge in [-0.1, -0.05) is 62.4 Å². The molecule has 6 nitrogen and oxygen atoms in total. The molecule has 1 aliphatic heterocycles. The first-order valence-electron chi connectivity index (χ1n) is 9.78. The van der Waals surface area contributed by atoms with Crippen LogP contribution < -0.4 is 4.90 Å². The van der Waals surface area contributed by atoms with E-state index in [4.69, 9.17) is 13.0 Å². The van der Waals surface area contributed by atoms with Crippen LogP contribution in [0.1, 0.15) is 26.3 Å². The van der Waals surface area contributed by atoms with E-state index in [-0.39, 0.29) is 0 Å². The molecule has 1 heterocycles. The number of carbonyl (C=O) groups is 1. The SMILES string of the molecule is CC1(C)c2c(ccc3ccccc23)N(c2ccccc2)C1(C)C(=O)O.O=S(=O)(O)C(F)(F)F. The van der Waals surface area contributed by atoms with E-state index in [9.17, 15) is 23.1 Å². The third-order valence-electron chi connectivity index (χ3n) is 6.16. The van der Waals surface area contributed by atoms with Gasteiger partial charge in [-0.2, -0.15) is 21.6 Å². The van der Waals surface area contributed by atoms with Gasteiger partial charge in [0.25, 0.3) is 0 Å². The number of fused-ring (bicyclic) bond motifs is 3. The van der Waals surface area contributed by atoms with Gasteiger partial charge in [-0.3, -0.25) is 4.55 Å². The molecule has 0 bridgehead atoms. The number of aliphatic carboxylic acids is 1. The van der Waals surface area contributed by atoms with Gasteiger partial charge in [0.05, 0.1) is 0 Å². The van der Waals surface area contributed by atoms with Gasteiger partial charge in [0.1, 0.15) is 5.54 Å². The summed E-state index contributed by atoms with van der Waals surface area (Å²) in [7, 11) is -5.84. The zero-order valence-corrected chi connectivity index (χ0v) is 18.8. The van der Waals surface area contributed by atoms with Crippen molar-refractivity contribution in [3.63, 3.8) is 0 Å². The van der Waals surface area contributed by atoms with Crippen LogP contribution >= 0.6 is 0 Å². The zero-order valence-electron chi connectivity index (χ0n) is 18.0. The summed E-state index contributed by atoms with van der Waals surface area (Å²) in [6, 6.07) is 22.1. The quantitative estimate of drug-likeness (QED) is 0.370. The lowest BCUT2D eigenvalue weighted by Gasteiger charge is -2.41. The predicted octanol–water partition coefficient (Wildman–Crippen LogP) is 5.51. The van der Waals surface area contributed by atoms with Crippen molar-refractivity contribution >= 4 is 38.2 Å². The largest absolute Gasteiger partial charge is 0.522 e. The van der Waals surface area contributed by atoms with Crippen LogP contribution in [-0.4, -0.2) is 35.1 Å². The van der Waals surface area contributed by atoms with Crippen molar-refractivity contribution < 1.29 is 36.0 Å². The van der Waals surface area contributed by atoms with Crippen LogP contribution in [0.4, 0.5) is 24.5 Å². The lowest BCUT2D eigenvalue weighted by molar-refractivity contribution is -0.144. The summed E-state index contributed by atoms with van der Waals surface area (Å²) in [4.78, 5) is 14.5. The number of alkyl halides is 3. The van der Waals surface area contributed by atoms with Crippen LogP contribution in [0.5, 0.6) is 0 Å². The number of hydrogen-bond acceptors (Lipinski definition) is 4. The summed E-state index contributed by atoms with van der Waals surface area (Å²) in [6.07, 6.45) is 0. The van der Waals surface area contributed by atoms with Gasteiger partial charge in [-0.05, 0) is 41.5 Å². The molecule has 0 spiro atoms. The highest BCUT2D eigenvalue weighted by atomic mass is 32.2. The van der Waals surface area contributed by atoms with Gasteiger partial charge in [0.15, 0.2) is 0 Å². The van der Waals surface area contributed by atoms with Crippen molar-refractivity contribution in [2.75, 3.05) is 4.90 Å². The predicted molar refractivity (Wildman–Crippen MR) is 119 cm³/mol. The number of benzene rings is 3. The van der Waals surface area contributed by atoms with E-state index in [2.05, 4.69) is 24.3 Å². The summed E-state index contributed by atoms with van der Waals surface area (Å²) in [5.74, 6) is -0.818. The van der Waals surface area contributed by atoms with Crippen LogP contribution in [-0.2, 0) is 20.3 Å². The molecule has 3 aromatic rings. The van der Waals surface area contributed by atoms with Crippen LogP contribution in [0.2, 0.25) is 0 Å². The second kappa shape index (κ2) is 8.03. The van der Waals surface area contributed by atoms with Crippen LogP contribution in [0.3, 0.4) is 0 Å². The Morgan fingerprint density at radius 1 is 0.909 bits per heavy atom. The minimum Gasteiger partial charge on any atom is -0.479 e. The van der Waals surface area contributed by atoms with Gasteiger partial charge in [-0.25, -0.2) is 4.79 Å². The average molecular weight is 481 g/mol. The van der Waals surface area contributed by atoms with Crippen LogP contribution in [0, 0.1) is 0 Å². The lowest BCUT2D eigenvalue weighted by atomic mass is 9.70. The van der Waals surface area contributed by atoms with E-state index in [1.807, 2.05) is 68.1 Å². The van der Waals surface area contributed by atoms with Crippen molar-refractivity contribution in [2.24, 2.45) is 0 Å². The molecule has 33 heavy (non-hydrogen) atoms. The number of anilines is 2. The molecule has 176 valence electrons. The maximum Gasteiger partial charge on any atom is 0.522 e. The molecule has 0 saturated carbocycles. The second-order valence-electron chi connectivity index (χ2n) is 8.27. The maximum absolute atomic E-state index is 12.5. The highest BCUT2D eigenvalue weighted by molar-refractivity contribution is 7.86. The standard InChI is InChI=1S/C22H21NO2.CHF3O3S/c1-21(2)19-17-12-8-7-9-15(17)13-14-18(19)23(22(21,3)20(24)25)16-10-5-4-6-11-16;2-1(3,4)8(5,6)7/h4-14H,1-3H3,(H,24,25);(H,5,6,7). The van der Waals surface area contributed by atoms with Gasteiger partial charge < -0.3 is 10.0 Å². The van der Waals surface area contributed by atoms with Crippen molar-refractivity contribution in [3.05, 3.63) is 72.3 Å². The minimum absolute atomic E-state index is 0.565. The van der Waals surface area contributed by atoms with E-state index in [1.54, 1.807) is 0 Å². The molecule has 0 saturated heterocycles. The number of rotatable bonds is 2. The summed E-state index contributed by atoms with van der Waals surface area (Å²) >= 11 is 0. The van der Waals surface area contributed by atoms with E-state index < -0.39 is 32.5 Å². The Bertz CT molecular complexity index is 1310. The van der Waals surface area contributed by atoms with Gasteiger partial charge in [-0.15, -0.1) is 0 Å². The normalized spacial score (nSPS) is 19.5. The fourth-order valence-electron chi connectivity index (χ4n) is 4.20. The number of carboxylic acids is 1. The van der Waals surface area contributed by atoms with E-state index in [0.717, 1.165) is 27.7 Å². The Morgan fingerprint density at radius 3 is 1.94 bits per heavy atom. The Morgan fingerprint density at radius 2 is 1.42 bits per heavy atom. The molecule has 0 fully saturated rings. The van der Waals surface area contributed by atoms with Crippen LogP contribution in [0.15, 0.2) is 66.7 Å². The Labute approximate surface area is 189 Å².